The van der Waals surface area contributed by atoms with Crippen LogP contribution in [0.4, 0.5) is 17.6 Å². The summed E-state index contributed by atoms with van der Waals surface area (Å²) in [6, 6.07) is 10.6. The minimum absolute atomic E-state index is 0.0216. The number of benzene rings is 2. The lowest BCUT2D eigenvalue weighted by atomic mass is 10.1. The highest BCUT2D eigenvalue weighted by molar-refractivity contribution is 5.92. The normalized spacial score (nSPS) is 11.6. The van der Waals surface area contributed by atoms with Crippen LogP contribution in [0.2, 0.25) is 0 Å². The molecule has 1 aromatic heterocycles. The molecule has 5 nitrogen and oxygen atoms in total. The summed E-state index contributed by atoms with van der Waals surface area (Å²) in [5, 5.41) is 9.19. The molecule has 0 bridgehead atoms. The van der Waals surface area contributed by atoms with Crippen molar-refractivity contribution in [2.24, 2.45) is 0 Å². The number of nitrogens with zero attached hydrogens (tertiary/aromatic N) is 1. The number of pyridine rings is 1. The van der Waals surface area contributed by atoms with E-state index in [9.17, 15) is 27.2 Å². The fourth-order valence-corrected chi connectivity index (χ4v) is 2.69. The molecular formula is C18H11F4NO4. The van der Waals surface area contributed by atoms with Crippen molar-refractivity contribution in [2.45, 2.75) is 12.9 Å². The molecule has 1 heterocycles. The minimum Gasteiger partial charge on any atom is -0.477 e. The number of carbonyl (C=O) groups is 1. The quantitative estimate of drug-likeness (QED) is 0.552. The van der Waals surface area contributed by atoms with E-state index < -0.39 is 35.0 Å². The standard InChI is InChI=1S/C18H11F4NO4/c19-16-14(17(25)26)15(24)12-3-1-2-4-13(12)23(16)9-10-5-7-11(8-6-10)27-18(20,21)22/h1-8H,9H2,(H,25,26). The maximum atomic E-state index is 14.7. The van der Waals surface area contributed by atoms with Crippen molar-refractivity contribution in [2.75, 3.05) is 0 Å². The summed E-state index contributed by atoms with van der Waals surface area (Å²) in [4.78, 5) is 23.5. The van der Waals surface area contributed by atoms with Gasteiger partial charge in [0.25, 0.3) is 0 Å². The van der Waals surface area contributed by atoms with Crippen LogP contribution in [-0.2, 0) is 6.54 Å². The number of rotatable bonds is 4. The van der Waals surface area contributed by atoms with E-state index in [0.717, 1.165) is 16.7 Å². The number of aromatic nitrogens is 1. The number of aromatic carboxylic acids is 1. The van der Waals surface area contributed by atoms with Crippen LogP contribution < -0.4 is 10.2 Å². The Morgan fingerprint density at radius 3 is 2.30 bits per heavy atom. The van der Waals surface area contributed by atoms with Crippen LogP contribution in [0, 0.1) is 5.95 Å². The van der Waals surface area contributed by atoms with Crippen molar-refractivity contribution in [1.82, 2.24) is 4.57 Å². The zero-order valence-corrected chi connectivity index (χ0v) is 13.5. The number of para-hydroxylation sites is 1. The van der Waals surface area contributed by atoms with Gasteiger partial charge < -0.3 is 14.4 Å². The first-order chi connectivity index (χ1) is 12.7. The summed E-state index contributed by atoms with van der Waals surface area (Å²) in [5.74, 6) is -3.38. The molecule has 27 heavy (non-hydrogen) atoms. The van der Waals surface area contributed by atoms with E-state index in [0.29, 0.717) is 5.56 Å². The van der Waals surface area contributed by atoms with Gasteiger partial charge in [-0.15, -0.1) is 13.2 Å². The van der Waals surface area contributed by atoms with Gasteiger partial charge in [0.15, 0.2) is 5.56 Å². The highest BCUT2D eigenvalue weighted by Crippen LogP contribution is 2.24. The van der Waals surface area contributed by atoms with Gasteiger partial charge in [-0.05, 0) is 29.8 Å². The number of alkyl halides is 3. The van der Waals surface area contributed by atoms with Gasteiger partial charge in [-0.1, -0.05) is 24.3 Å². The first-order valence-electron chi connectivity index (χ1n) is 7.56. The molecule has 3 rings (SSSR count). The molecule has 3 aromatic rings. The predicted molar refractivity (Wildman–Crippen MR) is 87.4 cm³/mol. The Kier molecular flexibility index (Phi) is 4.61. The van der Waals surface area contributed by atoms with E-state index in [4.69, 9.17) is 5.11 Å². The SMILES string of the molecule is O=C(O)c1c(F)n(Cc2ccc(OC(F)(F)F)cc2)c2ccccc2c1=O. The lowest BCUT2D eigenvalue weighted by Gasteiger charge is -2.15. The van der Waals surface area contributed by atoms with Crippen molar-refractivity contribution < 1.29 is 32.2 Å². The van der Waals surface area contributed by atoms with Gasteiger partial charge in [0.2, 0.25) is 11.4 Å². The predicted octanol–water partition coefficient (Wildman–Crippen LogP) is 3.79. The third kappa shape index (κ3) is 3.76. The van der Waals surface area contributed by atoms with Crippen molar-refractivity contribution in [3.63, 3.8) is 0 Å². The van der Waals surface area contributed by atoms with Crippen LogP contribution in [0.25, 0.3) is 10.9 Å². The summed E-state index contributed by atoms with van der Waals surface area (Å²) in [7, 11) is 0. The average molecular weight is 381 g/mol. The third-order valence-electron chi connectivity index (χ3n) is 3.82. The highest BCUT2D eigenvalue weighted by Gasteiger charge is 2.31. The van der Waals surface area contributed by atoms with Crippen molar-refractivity contribution >= 4 is 16.9 Å². The van der Waals surface area contributed by atoms with Crippen LogP contribution >= 0.6 is 0 Å². The molecule has 2 aromatic carbocycles. The largest absolute Gasteiger partial charge is 0.573 e. The Hall–Kier alpha value is -3.36. The molecular weight excluding hydrogens is 370 g/mol. The van der Waals surface area contributed by atoms with Gasteiger partial charge in [0.1, 0.15) is 5.75 Å². The molecule has 0 amide bonds. The number of ether oxygens (including phenoxy) is 1. The summed E-state index contributed by atoms with van der Waals surface area (Å²) in [5.41, 5.74) is -1.39. The van der Waals surface area contributed by atoms with Crippen molar-refractivity contribution in [3.8, 4) is 5.75 Å². The smallest absolute Gasteiger partial charge is 0.477 e. The van der Waals surface area contributed by atoms with Gasteiger partial charge in [0, 0.05) is 5.39 Å². The van der Waals surface area contributed by atoms with Gasteiger partial charge in [-0.2, -0.15) is 4.39 Å². The Balaban J connectivity index is 2.07. The lowest BCUT2D eigenvalue weighted by Crippen LogP contribution is -2.23. The summed E-state index contributed by atoms with van der Waals surface area (Å²) in [6.45, 7) is -0.195. The minimum atomic E-state index is -4.83. The average Bonchev–Trinajstić information content (AvgIpc) is 2.58. The summed E-state index contributed by atoms with van der Waals surface area (Å²) < 4.78 is 56.1. The zero-order valence-electron chi connectivity index (χ0n) is 13.5. The van der Waals surface area contributed by atoms with E-state index in [1.807, 2.05) is 0 Å². The third-order valence-corrected chi connectivity index (χ3v) is 3.82. The lowest BCUT2D eigenvalue weighted by molar-refractivity contribution is -0.274. The van der Waals surface area contributed by atoms with Crippen molar-refractivity contribution in [3.05, 3.63) is 75.8 Å². The van der Waals surface area contributed by atoms with Gasteiger partial charge >= 0.3 is 12.3 Å². The topological polar surface area (TPSA) is 68.5 Å². The maximum Gasteiger partial charge on any atom is 0.573 e. The van der Waals surface area contributed by atoms with E-state index in [2.05, 4.69) is 4.74 Å². The number of halogens is 4. The van der Waals surface area contributed by atoms with E-state index in [-0.39, 0.29) is 17.4 Å². The Morgan fingerprint density at radius 1 is 1.07 bits per heavy atom. The highest BCUT2D eigenvalue weighted by atomic mass is 19.4. The number of hydrogen-bond donors (Lipinski definition) is 1. The molecule has 0 saturated heterocycles. The molecule has 0 radical (unpaired) electrons. The van der Waals surface area contributed by atoms with Crippen LogP contribution in [-0.4, -0.2) is 22.0 Å². The second kappa shape index (κ2) is 6.75. The number of carboxylic acids is 1. The molecule has 0 unspecified atom stereocenters. The van der Waals surface area contributed by atoms with Gasteiger partial charge in [-0.25, -0.2) is 4.79 Å². The molecule has 140 valence electrons. The zero-order chi connectivity index (χ0) is 19.8. The van der Waals surface area contributed by atoms with Gasteiger partial charge in [0.05, 0.1) is 12.1 Å². The number of fused-ring (bicyclic) bond motifs is 1. The Labute approximate surface area is 149 Å². The molecule has 0 atom stereocenters. The first-order valence-corrected chi connectivity index (χ1v) is 7.56. The second-order valence-corrected chi connectivity index (χ2v) is 5.60. The van der Waals surface area contributed by atoms with E-state index in [1.165, 1.54) is 30.3 Å². The van der Waals surface area contributed by atoms with Crippen LogP contribution in [0.1, 0.15) is 15.9 Å². The molecule has 0 aliphatic carbocycles. The molecule has 0 saturated carbocycles. The van der Waals surface area contributed by atoms with Gasteiger partial charge in [-0.3, -0.25) is 4.79 Å². The fraction of sp³-hybridized carbons (Fsp3) is 0.111. The van der Waals surface area contributed by atoms with Crippen LogP contribution in [0.15, 0.2) is 53.3 Å². The molecule has 0 aliphatic rings. The fourth-order valence-electron chi connectivity index (χ4n) is 2.69. The number of hydrogen-bond acceptors (Lipinski definition) is 3. The first kappa shape index (κ1) is 18.4. The molecule has 1 N–H and O–H groups in total. The number of carboxylic acid groups (broad SMARTS) is 1. The molecule has 0 fully saturated rings. The summed E-state index contributed by atoms with van der Waals surface area (Å²) >= 11 is 0. The van der Waals surface area contributed by atoms with E-state index >= 15 is 0 Å². The van der Waals surface area contributed by atoms with Crippen LogP contribution in [0.3, 0.4) is 0 Å². The molecule has 9 heteroatoms. The van der Waals surface area contributed by atoms with Crippen LogP contribution in [0.5, 0.6) is 5.75 Å². The second-order valence-electron chi connectivity index (χ2n) is 5.60. The maximum absolute atomic E-state index is 14.7. The molecule has 0 aliphatic heterocycles. The molecule has 0 spiro atoms. The monoisotopic (exact) mass is 381 g/mol. The van der Waals surface area contributed by atoms with Crippen molar-refractivity contribution in [1.29, 1.82) is 0 Å². The Morgan fingerprint density at radius 2 is 1.70 bits per heavy atom. The Bertz CT molecular complexity index is 1070. The van der Waals surface area contributed by atoms with E-state index in [1.54, 1.807) is 6.07 Å². The summed E-state index contributed by atoms with van der Waals surface area (Å²) in [6.07, 6.45) is -4.83.